The van der Waals surface area contributed by atoms with Crippen molar-refractivity contribution in [1.82, 2.24) is 14.9 Å². The van der Waals surface area contributed by atoms with Gasteiger partial charge < -0.3 is 0 Å². The van der Waals surface area contributed by atoms with Gasteiger partial charge in [0.25, 0.3) is 0 Å². The molecule has 2 aromatic rings. The van der Waals surface area contributed by atoms with E-state index >= 15 is 0 Å². The lowest BCUT2D eigenvalue weighted by Gasteiger charge is -2.06. The first-order chi connectivity index (χ1) is 9.03. The highest BCUT2D eigenvalue weighted by atomic mass is 35.5. The fourth-order valence-electron chi connectivity index (χ4n) is 1.57. The first-order valence-corrected chi connectivity index (χ1v) is 7.68. The minimum atomic E-state index is -3.51. The Morgan fingerprint density at radius 1 is 1.32 bits per heavy atom. The Balaban J connectivity index is 2.11. The summed E-state index contributed by atoms with van der Waals surface area (Å²) in [4.78, 5) is 0.225. The fourth-order valence-corrected chi connectivity index (χ4v) is 2.75. The Morgan fingerprint density at radius 3 is 2.53 bits per heavy atom. The molecular formula is C12H14ClN3O2S. The molecule has 0 spiro atoms. The summed E-state index contributed by atoms with van der Waals surface area (Å²) in [7, 11) is -3.51. The van der Waals surface area contributed by atoms with Crippen LogP contribution in [0, 0.1) is 6.92 Å². The van der Waals surface area contributed by atoms with E-state index in [1.165, 1.54) is 0 Å². The predicted molar refractivity (Wildman–Crippen MR) is 73.3 cm³/mol. The number of hydrogen-bond acceptors (Lipinski definition) is 3. The molecule has 0 atom stereocenters. The van der Waals surface area contributed by atoms with E-state index in [2.05, 4.69) is 14.9 Å². The largest absolute Gasteiger partial charge is 0.283 e. The Morgan fingerprint density at radius 2 is 2.00 bits per heavy atom. The molecule has 5 nitrogen and oxygen atoms in total. The number of aromatic amines is 1. The van der Waals surface area contributed by atoms with E-state index in [9.17, 15) is 8.42 Å². The second-order valence-corrected chi connectivity index (χ2v) is 6.16. The average Bonchev–Trinajstić information content (AvgIpc) is 2.82. The van der Waals surface area contributed by atoms with Gasteiger partial charge in [0, 0.05) is 23.7 Å². The van der Waals surface area contributed by atoms with Gasteiger partial charge in [0.05, 0.1) is 11.1 Å². The number of benzene rings is 1. The summed E-state index contributed by atoms with van der Waals surface area (Å²) in [6.07, 6.45) is 1.61. The van der Waals surface area contributed by atoms with Crippen LogP contribution < -0.4 is 4.72 Å². The van der Waals surface area contributed by atoms with Crippen molar-refractivity contribution in [1.29, 1.82) is 0 Å². The molecule has 1 aromatic carbocycles. The molecule has 0 radical (unpaired) electrons. The molecule has 0 saturated carbocycles. The van der Waals surface area contributed by atoms with Crippen LogP contribution in [0.4, 0.5) is 0 Å². The molecule has 1 heterocycles. The highest BCUT2D eigenvalue weighted by molar-refractivity contribution is 7.89. The Hall–Kier alpha value is -1.37. The maximum Gasteiger partial charge on any atom is 0.240 e. The van der Waals surface area contributed by atoms with Gasteiger partial charge in [-0.25, -0.2) is 13.1 Å². The van der Waals surface area contributed by atoms with Crippen LogP contribution in [0.25, 0.3) is 0 Å². The average molecular weight is 300 g/mol. The molecule has 7 heteroatoms. The van der Waals surface area contributed by atoms with E-state index in [0.717, 1.165) is 16.8 Å². The predicted octanol–water partition coefficient (Wildman–Crippen LogP) is 1.94. The highest BCUT2D eigenvalue weighted by Crippen LogP contribution is 2.13. The van der Waals surface area contributed by atoms with E-state index < -0.39 is 10.0 Å². The maximum absolute atomic E-state index is 12.1. The first kappa shape index (κ1) is 14.0. The quantitative estimate of drug-likeness (QED) is 0.829. The number of sulfonamides is 1. The standard InChI is InChI=1S/C12H14ClN3O2S/c1-9-11(7-14-16-9)8-15-19(17,18)12-4-2-10(6-13)3-5-12/h2-5,7,15H,6,8H2,1H3,(H,14,16). The third kappa shape index (κ3) is 3.34. The molecule has 19 heavy (non-hydrogen) atoms. The van der Waals surface area contributed by atoms with Crippen LogP contribution >= 0.6 is 11.6 Å². The van der Waals surface area contributed by atoms with Gasteiger partial charge in [-0.05, 0) is 24.6 Å². The summed E-state index contributed by atoms with van der Waals surface area (Å²) in [5, 5.41) is 6.60. The zero-order chi connectivity index (χ0) is 13.9. The van der Waals surface area contributed by atoms with Crippen LogP contribution in [0.1, 0.15) is 16.8 Å². The number of aromatic nitrogens is 2. The molecule has 2 rings (SSSR count). The van der Waals surface area contributed by atoms with Gasteiger partial charge in [0.1, 0.15) is 0 Å². The molecular weight excluding hydrogens is 286 g/mol. The van der Waals surface area contributed by atoms with Crippen LogP contribution in [-0.4, -0.2) is 18.6 Å². The zero-order valence-electron chi connectivity index (χ0n) is 10.4. The molecule has 0 saturated heterocycles. The molecule has 0 aliphatic heterocycles. The minimum Gasteiger partial charge on any atom is -0.283 e. The second-order valence-electron chi connectivity index (χ2n) is 4.12. The number of H-pyrrole nitrogens is 1. The van der Waals surface area contributed by atoms with Gasteiger partial charge in [-0.2, -0.15) is 5.10 Å². The summed E-state index contributed by atoms with van der Waals surface area (Å²) < 4.78 is 26.7. The molecule has 0 unspecified atom stereocenters. The van der Waals surface area contributed by atoms with Gasteiger partial charge in [-0.1, -0.05) is 12.1 Å². The van der Waals surface area contributed by atoms with Crippen molar-refractivity contribution in [3.63, 3.8) is 0 Å². The van der Waals surface area contributed by atoms with Crippen LogP contribution in [0.2, 0.25) is 0 Å². The van der Waals surface area contributed by atoms with E-state index in [4.69, 9.17) is 11.6 Å². The monoisotopic (exact) mass is 299 g/mol. The van der Waals surface area contributed by atoms with Crippen LogP contribution in [0.3, 0.4) is 0 Å². The van der Waals surface area contributed by atoms with Crippen molar-refractivity contribution in [3.8, 4) is 0 Å². The van der Waals surface area contributed by atoms with E-state index in [0.29, 0.717) is 5.88 Å². The first-order valence-electron chi connectivity index (χ1n) is 5.66. The van der Waals surface area contributed by atoms with E-state index in [-0.39, 0.29) is 11.4 Å². The number of halogens is 1. The number of alkyl halides is 1. The molecule has 2 N–H and O–H groups in total. The molecule has 0 aliphatic carbocycles. The number of nitrogens with zero attached hydrogens (tertiary/aromatic N) is 1. The van der Waals surface area contributed by atoms with Crippen molar-refractivity contribution in [3.05, 3.63) is 47.3 Å². The highest BCUT2D eigenvalue weighted by Gasteiger charge is 2.14. The Bertz CT molecular complexity index is 650. The summed E-state index contributed by atoms with van der Waals surface area (Å²) in [6.45, 7) is 2.05. The SMILES string of the molecule is Cc1[nH]ncc1CNS(=O)(=O)c1ccc(CCl)cc1. The van der Waals surface area contributed by atoms with Crippen molar-refractivity contribution >= 4 is 21.6 Å². The zero-order valence-corrected chi connectivity index (χ0v) is 11.9. The molecule has 1 aromatic heterocycles. The Kier molecular flexibility index (Phi) is 4.24. The Labute approximate surface area is 117 Å². The van der Waals surface area contributed by atoms with Gasteiger partial charge in [-0.15, -0.1) is 11.6 Å². The number of aryl methyl sites for hydroxylation is 1. The lowest BCUT2D eigenvalue weighted by Crippen LogP contribution is -2.23. The third-order valence-electron chi connectivity index (χ3n) is 2.77. The van der Waals surface area contributed by atoms with Crippen molar-refractivity contribution in [2.45, 2.75) is 24.2 Å². The van der Waals surface area contributed by atoms with E-state index in [1.807, 2.05) is 6.92 Å². The molecule has 0 fully saturated rings. The van der Waals surface area contributed by atoms with Crippen LogP contribution in [0.5, 0.6) is 0 Å². The van der Waals surface area contributed by atoms with Gasteiger partial charge in [0.15, 0.2) is 0 Å². The topological polar surface area (TPSA) is 74.8 Å². The van der Waals surface area contributed by atoms with E-state index in [1.54, 1.807) is 30.5 Å². The fraction of sp³-hybridized carbons (Fsp3) is 0.250. The summed E-state index contributed by atoms with van der Waals surface area (Å²) in [6, 6.07) is 6.49. The van der Waals surface area contributed by atoms with Crippen LogP contribution in [-0.2, 0) is 22.4 Å². The summed E-state index contributed by atoms with van der Waals surface area (Å²) in [5.74, 6) is 0.363. The van der Waals surface area contributed by atoms with Crippen molar-refractivity contribution in [2.75, 3.05) is 0 Å². The van der Waals surface area contributed by atoms with Gasteiger partial charge >= 0.3 is 0 Å². The third-order valence-corrected chi connectivity index (χ3v) is 4.50. The maximum atomic E-state index is 12.1. The molecule has 0 bridgehead atoms. The smallest absolute Gasteiger partial charge is 0.240 e. The lowest BCUT2D eigenvalue weighted by molar-refractivity contribution is 0.581. The van der Waals surface area contributed by atoms with Crippen molar-refractivity contribution < 1.29 is 8.42 Å². The van der Waals surface area contributed by atoms with Crippen LogP contribution in [0.15, 0.2) is 35.4 Å². The van der Waals surface area contributed by atoms with Crippen molar-refractivity contribution in [2.24, 2.45) is 0 Å². The lowest BCUT2D eigenvalue weighted by atomic mass is 10.2. The molecule has 0 aliphatic rings. The number of hydrogen-bond donors (Lipinski definition) is 2. The summed E-state index contributed by atoms with van der Waals surface area (Å²) in [5.41, 5.74) is 2.55. The number of nitrogens with one attached hydrogen (secondary N) is 2. The van der Waals surface area contributed by atoms with Gasteiger partial charge in [0.2, 0.25) is 10.0 Å². The second kappa shape index (κ2) is 5.73. The number of rotatable bonds is 5. The summed E-state index contributed by atoms with van der Waals surface area (Å²) >= 11 is 5.66. The molecule has 102 valence electrons. The minimum absolute atomic E-state index is 0.210. The van der Waals surface area contributed by atoms with Gasteiger partial charge in [-0.3, -0.25) is 5.10 Å². The normalized spacial score (nSPS) is 11.7. The molecule has 0 amide bonds.